The van der Waals surface area contributed by atoms with Crippen molar-refractivity contribution in [2.24, 2.45) is 0 Å². The molecular formula is C17H18BrN3O3. The Morgan fingerprint density at radius 2 is 1.92 bits per heavy atom. The molecule has 1 aromatic carbocycles. The number of amides is 2. The van der Waals surface area contributed by atoms with E-state index in [2.05, 4.69) is 31.5 Å². The molecule has 1 heterocycles. The fourth-order valence-corrected chi connectivity index (χ4v) is 2.85. The molecule has 7 heteroatoms. The monoisotopic (exact) mass is 391 g/mol. The van der Waals surface area contributed by atoms with Crippen LogP contribution in [-0.2, 0) is 5.60 Å². The van der Waals surface area contributed by atoms with Crippen LogP contribution in [-0.4, -0.2) is 35.5 Å². The Kier molecular flexibility index (Phi) is 5.69. The molecule has 6 nitrogen and oxygen atoms in total. The van der Waals surface area contributed by atoms with Crippen molar-refractivity contribution in [3.05, 3.63) is 63.9 Å². The summed E-state index contributed by atoms with van der Waals surface area (Å²) < 4.78 is 0.765. The maximum Gasteiger partial charge on any atom is 0.269 e. The third kappa shape index (κ3) is 4.18. The standard InChI is InChI=1S/C17H18BrN3O3/c1-17(24,12-5-3-4-6-13(12)18)10-21-15(22)11-7-8-14(20-9-11)16(23)19-2/h3-9,24H,10H2,1-2H3,(H,19,23)(H,21,22)/t17-/m0/s1. The van der Waals surface area contributed by atoms with Crippen LogP contribution in [0.3, 0.4) is 0 Å². The first-order chi connectivity index (χ1) is 11.3. The second kappa shape index (κ2) is 7.55. The molecule has 0 aliphatic heterocycles. The lowest BCUT2D eigenvalue weighted by atomic mass is 9.96. The number of rotatable bonds is 5. The van der Waals surface area contributed by atoms with E-state index in [0.717, 1.165) is 4.47 Å². The highest BCUT2D eigenvalue weighted by atomic mass is 79.9. The lowest BCUT2D eigenvalue weighted by Gasteiger charge is -2.25. The highest BCUT2D eigenvalue weighted by molar-refractivity contribution is 9.10. The van der Waals surface area contributed by atoms with E-state index >= 15 is 0 Å². The summed E-state index contributed by atoms with van der Waals surface area (Å²) in [6.07, 6.45) is 1.33. The SMILES string of the molecule is CNC(=O)c1ccc(C(=O)NC[C@](C)(O)c2ccccc2Br)cn1. The van der Waals surface area contributed by atoms with Gasteiger partial charge in [-0.3, -0.25) is 14.6 Å². The molecule has 0 radical (unpaired) electrons. The molecule has 0 fully saturated rings. The number of halogens is 1. The van der Waals surface area contributed by atoms with Gasteiger partial charge in [-0.05, 0) is 30.7 Å². The molecule has 126 valence electrons. The molecule has 0 aliphatic carbocycles. The summed E-state index contributed by atoms with van der Waals surface area (Å²) in [4.78, 5) is 27.6. The quantitative estimate of drug-likeness (QED) is 0.724. The van der Waals surface area contributed by atoms with Gasteiger partial charge in [0.2, 0.25) is 0 Å². The molecule has 0 saturated heterocycles. The number of aliphatic hydroxyl groups is 1. The summed E-state index contributed by atoms with van der Waals surface area (Å²) in [7, 11) is 1.51. The molecule has 0 spiro atoms. The fraction of sp³-hybridized carbons (Fsp3) is 0.235. The smallest absolute Gasteiger partial charge is 0.269 e. The molecule has 2 amide bonds. The van der Waals surface area contributed by atoms with E-state index in [4.69, 9.17) is 0 Å². The number of nitrogens with one attached hydrogen (secondary N) is 2. The van der Waals surface area contributed by atoms with E-state index in [1.54, 1.807) is 13.0 Å². The van der Waals surface area contributed by atoms with E-state index in [9.17, 15) is 14.7 Å². The van der Waals surface area contributed by atoms with Crippen molar-refractivity contribution < 1.29 is 14.7 Å². The molecular weight excluding hydrogens is 374 g/mol. The number of hydrogen-bond donors (Lipinski definition) is 3. The summed E-state index contributed by atoms with van der Waals surface area (Å²) in [5.74, 6) is -0.697. The van der Waals surface area contributed by atoms with Crippen LogP contribution in [0, 0.1) is 0 Å². The number of nitrogens with zero attached hydrogens (tertiary/aromatic N) is 1. The normalized spacial score (nSPS) is 13.0. The second-order valence-electron chi connectivity index (χ2n) is 5.45. The summed E-state index contributed by atoms with van der Waals surface area (Å²) in [6.45, 7) is 1.66. The molecule has 0 bridgehead atoms. The number of benzene rings is 1. The molecule has 1 atom stereocenters. The van der Waals surface area contributed by atoms with Crippen molar-refractivity contribution >= 4 is 27.7 Å². The number of carbonyl (C=O) groups excluding carboxylic acids is 2. The number of aromatic nitrogens is 1. The van der Waals surface area contributed by atoms with Crippen LogP contribution in [0.25, 0.3) is 0 Å². The third-order valence-electron chi connectivity index (χ3n) is 3.53. The van der Waals surface area contributed by atoms with Gasteiger partial charge in [-0.1, -0.05) is 34.1 Å². The minimum Gasteiger partial charge on any atom is -0.384 e. The summed E-state index contributed by atoms with van der Waals surface area (Å²) in [5.41, 5.74) is -0.0103. The second-order valence-corrected chi connectivity index (χ2v) is 6.30. The molecule has 2 rings (SSSR count). The van der Waals surface area contributed by atoms with Gasteiger partial charge in [0.05, 0.1) is 12.1 Å². The zero-order chi connectivity index (χ0) is 17.7. The molecule has 3 N–H and O–H groups in total. The van der Waals surface area contributed by atoms with Crippen LogP contribution in [0.4, 0.5) is 0 Å². The highest BCUT2D eigenvalue weighted by Crippen LogP contribution is 2.27. The van der Waals surface area contributed by atoms with Crippen molar-refractivity contribution in [2.75, 3.05) is 13.6 Å². The first-order valence-electron chi connectivity index (χ1n) is 7.29. The Morgan fingerprint density at radius 3 is 2.50 bits per heavy atom. The first-order valence-corrected chi connectivity index (χ1v) is 8.08. The van der Waals surface area contributed by atoms with Crippen molar-refractivity contribution in [2.45, 2.75) is 12.5 Å². The van der Waals surface area contributed by atoms with Gasteiger partial charge in [-0.25, -0.2) is 0 Å². The third-order valence-corrected chi connectivity index (χ3v) is 4.22. The molecule has 1 aromatic heterocycles. The maximum atomic E-state index is 12.2. The van der Waals surface area contributed by atoms with E-state index in [1.165, 1.54) is 25.4 Å². The molecule has 0 unspecified atom stereocenters. The molecule has 0 aliphatic rings. The maximum absolute atomic E-state index is 12.2. The van der Waals surface area contributed by atoms with Crippen LogP contribution in [0.5, 0.6) is 0 Å². The van der Waals surface area contributed by atoms with Gasteiger partial charge < -0.3 is 15.7 Å². The summed E-state index contributed by atoms with van der Waals surface area (Å²) in [5, 5.41) is 15.7. The largest absolute Gasteiger partial charge is 0.384 e. The predicted molar refractivity (Wildman–Crippen MR) is 93.7 cm³/mol. The average Bonchev–Trinajstić information content (AvgIpc) is 2.59. The number of hydrogen-bond acceptors (Lipinski definition) is 4. The van der Waals surface area contributed by atoms with Crippen molar-refractivity contribution in [3.8, 4) is 0 Å². The van der Waals surface area contributed by atoms with E-state index < -0.39 is 5.60 Å². The summed E-state index contributed by atoms with van der Waals surface area (Å²) in [6, 6.07) is 10.3. The number of pyridine rings is 1. The minimum atomic E-state index is -1.23. The minimum absolute atomic E-state index is 0.0334. The van der Waals surface area contributed by atoms with Crippen LogP contribution >= 0.6 is 15.9 Å². The molecule has 0 saturated carbocycles. The van der Waals surface area contributed by atoms with Crippen LogP contribution < -0.4 is 10.6 Å². The lowest BCUT2D eigenvalue weighted by molar-refractivity contribution is 0.0520. The van der Waals surface area contributed by atoms with Gasteiger partial charge in [0.15, 0.2) is 0 Å². The van der Waals surface area contributed by atoms with Gasteiger partial charge >= 0.3 is 0 Å². The summed E-state index contributed by atoms with van der Waals surface area (Å²) >= 11 is 3.39. The topological polar surface area (TPSA) is 91.3 Å². The van der Waals surface area contributed by atoms with Crippen molar-refractivity contribution in [1.82, 2.24) is 15.6 Å². The van der Waals surface area contributed by atoms with Gasteiger partial charge in [-0.2, -0.15) is 0 Å². The van der Waals surface area contributed by atoms with Gasteiger partial charge in [0.25, 0.3) is 11.8 Å². The zero-order valence-corrected chi connectivity index (χ0v) is 14.9. The van der Waals surface area contributed by atoms with Crippen molar-refractivity contribution in [3.63, 3.8) is 0 Å². The van der Waals surface area contributed by atoms with Crippen LogP contribution in [0.2, 0.25) is 0 Å². The fourth-order valence-electron chi connectivity index (χ4n) is 2.14. The first kappa shape index (κ1) is 18.1. The lowest BCUT2D eigenvalue weighted by Crippen LogP contribution is -2.38. The van der Waals surface area contributed by atoms with Gasteiger partial charge in [0.1, 0.15) is 11.3 Å². The van der Waals surface area contributed by atoms with E-state index in [-0.39, 0.29) is 24.1 Å². The van der Waals surface area contributed by atoms with Crippen LogP contribution in [0.1, 0.15) is 33.3 Å². The molecule has 24 heavy (non-hydrogen) atoms. The highest BCUT2D eigenvalue weighted by Gasteiger charge is 2.26. The number of carbonyl (C=O) groups is 2. The Labute approximate surface area is 148 Å². The Hall–Kier alpha value is -2.25. The van der Waals surface area contributed by atoms with E-state index in [1.807, 2.05) is 18.2 Å². The Balaban J connectivity index is 2.05. The molecule has 2 aromatic rings. The Bertz CT molecular complexity index is 745. The van der Waals surface area contributed by atoms with Crippen molar-refractivity contribution in [1.29, 1.82) is 0 Å². The van der Waals surface area contributed by atoms with Gasteiger partial charge in [-0.15, -0.1) is 0 Å². The van der Waals surface area contributed by atoms with Gasteiger partial charge in [0, 0.05) is 17.7 Å². The Morgan fingerprint density at radius 1 is 1.21 bits per heavy atom. The predicted octanol–water partition coefficient (Wildman–Crippen LogP) is 1.84. The van der Waals surface area contributed by atoms with E-state index in [0.29, 0.717) is 11.1 Å². The average molecular weight is 392 g/mol. The van der Waals surface area contributed by atoms with Crippen LogP contribution in [0.15, 0.2) is 47.1 Å². The zero-order valence-electron chi connectivity index (χ0n) is 13.3.